The zero-order chi connectivity index (χ0) is 17.0. The molecule has 130 valence electrons. The predicted octanol–water partition coefficient (Wildman–Crippen LogP) is 3.54. The molecule has 0 aliphatic heterocycles. The number of rotatable bonds is 10. The average molecular weight is 328 g/mol. The fourth-order valence-electron chi connectivity index (χ4n) is 2.51. The van der Waals surface area contributed by atoms with Crippen molar-refractivity contribution in [3.05, 3.63) is 59.7 Å². The summed E-state index contributed by atoms with van der Waals surface area (Å²) in [6.45, 7) is 4.45. The van der Waals surface area contributed by atoms with Crippen molar-refractivity contribution in [2.45, 2.75) is 45.8 Å². The first-order valence-electron chi connectivity index (χ1n) is 8.82. The van der Waals surface area contributed by atoms with E-state index in [-0.39, 0.29) is 6.61 Å². The van der Waals surface area contributed by atoms with E-state index >= 15 is 0 Å². The summed E-state index contributed by atoms with van der Waals surface area (Å²) in [6.07, 6.45) is 6.18. The van der Waals surface area contributed by atoms with Crippen molar-refractivity contribution in [3.8, 4) is 5.75 Å². The fourth-order valence-corrected chi connectivity index (χ4v) is 2.51. The number of nitrogens with zero attached hydrogens (tertiary/aromatic N) is 2. The van der Waals surface area contributed by atoms with Gasteiger partial charge in [-0.15, -0.1) is 0 Å². The first kappa shape index (κ1) is 18.3. The highest BCUT2D eigenvalue weighted by atomic mass is 16.5. The first-order chi connectivity index (χ1) is 11.8. The number of hydrogen-bond acceptors (Lipinski definition) is 3. The second-order valence-electron chi connectivity index (χ2n) is 5.83. The van der Waals surface area contributed by atoms with Gasteiger partial charge in [0.25, 0.3) is 0 Å². The van der Waals surface area contributed by atoms with Gasteiger partial charge in [-0.1, -0.05) is 50.1 Å². The first-order valence-corrected chi connectivity index (χ1v) is 8.82. The molecule has 2 aromatic rings. The molecule has 0 fully saturated rings. The third-order valence-electron chi connectivity index (χ3n) is 3.82. The van der Waals surface area contributed by atoms with Gasteiger partial charge in [0, 0.05) is 25.9 Å². The van der Waals surface area contributed by atoms with Crippen molar-refractivity contribution in [2.24, 2.45) is 4.99 Å². The van der Waals surface area contributed by atoms with Crippen LogP contribution in [0.3, 0.4) is 0 Å². The Balaban J connectivity index is 2.17. The minimum atomic E-state index is 0.178. The van der Waals surface area contributed by atoms with Crippen LogP contribution in [0.4, 0.5) is 0 Å². The summed E-state index contributed by atoms with van der Waals surface area (Å²) in [6, 6.07) is 14.1. The van der Waals surface area contributed by atoms with Crippen LogP contribution in [0.2, 0.25) is 0 Å². The summed E-state index contributed by atoms with van der Waals surface area (Å²) in [4.78, 5) is 4.77. The van der Waals surface area contributed by atoms with Gasteiger partial charge in [-0.3, -0.25) is 4.99 Å². The molecule has 1 aromatic carbocycles. The molecule has 0 aliphatic rings. The zero-order valence-corrected chi connectivity index (χ0v) is 14.5. The lowest BCUT2D eigenvalue weighted by Crippen LogP contribution is -2.24. The zero-order valence-electron chi connectivity index (χ0n) is 14.5. The molecule has 0 atom stereocenters. The maximum absolute atomic E-state index is 9.11. The van der Waals surface area contributed by atoms with Crippen LogP contribution in [0, 0.1) is 0 Å². The molecule has 0 radical (unpaired) electrons. The molecular formula is C20H28N2O2. The van der Waals surface area contributed by atoms with Crippen LogP contribution in [0.25, 0.3) is 0 Å². The Hall–Kier alpha value is -2.07. The summed E-state index contributed by atoms with van der Waals surface area (Å²) in [5.41, 5.74) is 2.01. The van der Waals surface area contributed by atoms with E-state index in [1.54, 1.807) is 0 Å². The van der Waals surface area contributed by atoms with E-state index in [1.165, 1.54) is 12.8 Å². The second kappa shape index (κ2) is 10.7. The van der Waals surface area contributed by atoms with Gasteiger partial charge < -0.3 is 14.4 Å². The molecule has 4 nitrogen and oxygen atoms in total. The van der Waals surface area contributed by atoms with E-state index < -0.39 is 0 Å². The lowest BCUT2D eigenvalue weighted by molar-refractivity contribution is 0.274. The number of aryl methyl sites for hydroxylation is 1. The van der Waals surface area contributed by atoms with Gasteiger partial charge in [-0.05, 0) is 30.5 Å². The van der Waals surface area contributed by atoms with Crippen molar-refractivity contribution >= 4 is 0 Å². The normalized spacial score (nSPS) is 11.7. The molecule has 0 aliphatic carbocycles. The molecule has 0 amide bonds. The van der Waals surface area contributed by atoms with Crippen molar-refractivity contribution < 1.29 is 9.84 Å². The van der Waals surface area contributed by atoms with Crippen molar-refractivity contribution in [2.75, 3.05) is 13.2 Å². The van der Waals surface area contributed by atoms with Gasteiger partial charge in [0.15, 0.2) is 11.2 Å². The minimum Gasteiger partial charge on any atom is -0.485 e. The third-order valence-corrected chi connectivity index (χ3v) is 3.82. The highest BCUT2D eigenvalue weighted by Crippen LogP contribution is 2.08. The highest BCUT2D eigenvalue weighted by Gasteiger charge is 2.03. The van der Waals surface area contributed by atoms with Crippen LogP contribution in [-0.2, 0) is 13.2 Å². The Morgan fingerprint density at radius 2 is 1.88 bits per heavy atom. The van der Waals surface area contributed by atoms with Gasteiger partial charge in [0.05, 0.1) is 0 Å². The smallest absolute Gasteiger partial charge is 0.170 e. The monoisotopic (exact) mass is 328 g/mol. The molecule has 2 rings (SSSR count). The summed E-state index contributed by atoms with van der Waals surface area (Å²) in [5, 5.41) is 9.11. The lowest BCUT2D eigenvalue weighted by atomic mass is 10.2. The Bertz CT molecular complexity index is 650. The number of aliphatic hydroxyl groups is 1. The molecular weight excluding hydrogens is 300 g/mol. The van der Waals surface area contributed by atoms with Crippen molar-refractivity contribution in [1.82, 2.24) is 4.57 Å². The molecule has 1 aromatic heterocycles. The van der Waals surface area contributed by atoms with Crippen LogP contribution in [0.1, 0.15) is 38.2 Å². The summed E-state index contributed by atoms with van der Waals surface area (Å²) < 4.78 is 8.10. The summed E-state index contributed by atoms with van der Waals surface area (Å²) >= 11 is 0. The van der Waals surface area contributed by atoms with Crippen molar-refractivity contribution in [1.29, 1.82) is 0 Å². The van der Waals surface area contributed by atoms with Gasteiger partial charge in [0.2, 0.25) is 0 Å². The van der Waals surface area contributed by atoms with Gasteiger partial charge >= 0.3 is 0 Å². The maximum atomic E-state index is 9.11. The fraction of sp³-hybridized carbons (Fsp3) is 0.450. The Kier molecular flexibility index (Phi) is 8.11. The van der Waals surface area contributed by atoms with Crippen molar-refractivity contribution in [3.63, 3.8) is 0 Å². The van der Waals surface area contributed by atoms with Crippen LogP contribution in [-0.4, -0.2) is 22.8 Å². The maximum Gasteiger partial charge on any atom is 0.170 e. The van der Waals surface area contributed by atoms with Crippen LogP contribution < -0.4 is 10.2 Å². The van der Waals surface area contributed by atoms with Gasteiger partial charge in [-0.2, -0.15) is 0 Å². The number of unbranched alkanes of at least 4 members (excludes halogenated alkanes) is 2. The van der Waals surface area contributed by atoms with Gasteiger partial charge in [0.1, 0.15) is 6.61 Å². The largest absolute Gasteiger partial charge is 0.485 e. The number of ether oxygens (including phenoxy) is 1. The molecule has 1 N–H and O–H groups in total. The lowest BCUT2D eigenvalue weighted by Gasteiger charge is -2.12. The Morgan fingerprint density at radius 1 is 1.04 bits per heavy atom. The minimum absolute atomic E-state index is 0.178. The quantitative estimate of drug-likeness (QED) is 0.678. The Morgan fingerprint density at radius 3 is 2.62 bits per heavy atom. The summed E-state index contributed by atoms with van der Waals surface area (Å²) in [5.74, 6) is 0.802. The molecule has 4 heteroatoms. The third kappa shape index (κ3) is 5.85. The molecule has 0 unspecified atom stereocenters. The standard InChI is InChI=1S/C20H28N2O2/c1-2-3-7-13-21-20-19(12-8-14-22(20)15-9-16-23)24-17-18-10-5-4-6-11-18/h4-6,8,10-12,14,23H,2-3,7,9,13,15-17H2,1H3. The van der Waals surface area contributed by atoms with E-state index in [0.717, 1.165) is 36.3 Å². The topological polar surface area (TPSA) is 46.8 Å². The Labute approximate surface area is 144 Å². The SMILES string of the molecule is CCCCCN=c1c(OCc2ccccc2)cccn1CCCO. The van der Waals surface area contributed by atoms with Crippen LogP contribution in [0.5, 0.6) is 5.75 Å². The molecule has 0 saturated heterocycles. The molecule has 1 heterocycles. The highest BCUT2D eigenvalue weighted by molar-refractivity contribution is 5.19. The van der Waals surface area contributed by atoms with E-state index in [0.29, 0.717) is 13.0 Å². The number of aromatic nitrogens is 1. The van der Waals surface area contributed by atoms with E-state index in [1.807, 2.05) is 36.5 Å². The average Bonchev–Trinajstić information content (AvgIpc) is 2.63. The van der Waals surface area contributed by atoms with Crippen LogP contribution in [0.15, 0.2) is 53.7 Å². The number of hydrogen-bond donors (Lipinski definition) is 1. The number of pyridine rings is 1. The number of aliphatic hydroxyl groups excluding tert-OH is 1. The van der Waals surface area contributed by atoms with E-state index in [9.17, 15) is 0 Å². The van der Waals surface area contributed by atoms with Gasteiger partial charge in [-0.25, -0.2) is 0 Å². The number of benzene rings is 1. The second-order valence-corrected chi connectivity index (χ2v) is 5.83. The molecule has 24 heavy (non-hydrogen) atoms. The molecule has 0 bridgehead atoms. The van der Waals surface area contributed by atoms with E-state index in [2.05, 4.69) is 23.6 Å². The molecule has 0 spiro atoms. The summed E-state index contributed by atoms with van der Waals surface area (Å²) in [7, 11) is 0. The van der Waals surface area contributed by atoms with Crippen LogP contribution >= 0.6 is 0 Å². The molecule has 0 saturated carbocycles. The van der Waals surface area contributed by atoms with E-state index in [4.69, 9.17) is 14.8 Å². The predicted molar refractivity (Wildman–Crippen MR) is 96.9 cm³/mol.